The van der Waals surface area contributed by atoms with Crippen LogP contribution in [0.3, 0.4) is 0 Å². The fourth-order valence-electron chi connectivity index (χ4n) is 1.43. The highest BCUT2D eigenvalue weighted by atomic mass is 16.6. The van der Waals surface area contributed by atoms with Gasteiger partial charge in [-0.25, -0.2) is 0 Å². The SMILES string of the molecule is CONCc1cc(OC)c(O)c(C)c1C. The Bertz CT molecular complexity index is 350. The fourth-order valence-corrected chi connectivity index (χ4v) is 1.43. The smallest absolute Gasteiger partial charge is 0.161 e. The number of phenols is 1. The first-order valence-electron chi connectivity index (χ1n) is 4.73. The van der Waals surface area contributed by atoms with Gasteiger partial charge in [0.05, 0.1) is 14.2 Å². The van der Waals surface area contributed by atoms with Crippen molar-refractivity contribution < 1.29 is 14.7 Å². The van der Waals surface area contributed by atoms with Gasteiger partial charge in [0.15, 0.2) is 11.5 Å². The van der Waals surface area contributed by atoms with Crippen molar-refractivity contribution in [3.63, 3.8) is 0 Å². The third-order valence-electron chi connectivity index (χ3n) is 2.56. The molecule has 0 fully saturated rings. The molecule has 84 valence electrons. The molecule has 2 N–H and O–H groups in total. The van der Waals surface area contributed by atoms with Gasteiger partial charge in [-0.05, 0) is 36.6 Å². The summed E-state index contributed by atoms with van der Waals surface area (Å²) in [7, 11) is 3.11. The zero-order valence-electron chi connectivity index (χ0n) is 9.55. The van der Waals surface area contributed by atoms with Gasteiger partial charge in [0.25, 0.3) is 0 Å². The normalized spacial score (nSPS) is 10.4. The van der Waals surface area contributed by atoms with E-state index in [1.165, 1.54) is 7.11 Å². The Morgan fingerprint density at radius 3 is 2.47 bits per heavy atom. The minimum atomic E-state index is 0.205. The maximum atomic E-state index is 9.75. The van der Waals surface area contributed by atoms with Crippen LogP contribution in [0.1, 0.15) is 16.7 Å². The molecule has 0 amide bonds. The third kappa shape index (κ3) is 2.40. The lowest BCUT2D eigenvalue weighted by atomic mass is 10.0. The second-order valence-electron chi connectivity index (χ2n) is 3.36. The van der Waals surface area contributed by atoms with E-state index < -0.39 is 0 Å². The Kier molecular flexibility index (Phi) is 3.94. The summed E-state index contributed by atoms with van der Waals surface area (Å²) in [5, 5.41) is 9.75. The van der Waals surface area contributed by atoms with Crippen LogP contribution in [0.2, 0.25) is 0 Å². The van der Waals surface area contributed by atoms with E-state index in [0.717, 1.165) is 16.7 Å². The maximum Gasteiger partial charge on any atom is 0.161 e. The quantitative estimate of drug-likeness (QED) is 0.744. The van der Waals surface area contributed by atoms with Crippen molar-refractivity contribution in [1.82, 2.24) is 5.48 Å². The van der Waals surface area contributed by atoms with Gasteiger partial charge in [-0.1, -0.05) is 0 Å². The maximum absolute atomic E-state index is 9.75. The number of benzene rings is 1. The Morgan fingerprint density at radius 2 is 1.93 bits per heavy atom. The summed E-state index contributed by atoms with van der Waals surface area (Å²) < 4.78 is 5.08. The number of rotatable bonds is 4. The molecule has 1 aromatic rings. The van der Waals surface area contributed by atoms with Gasteiger partial charge in [-0.3, -0.25) is 0 Å². The highest BCUT2D eigenvalue weighted by Gasteiger charge is 2.11. The summed E-state index contributed by atoms with van der Waals surface area (Å²) in [6.07, 6.45) is 0. The summed E-state index contributed by atoms with van der Waals surface area (Å²) in [4.78, 5) is 4.79. The van der Waals surface area contributed by atoms with Crippen LogP contribution in [-0.2, 0) is 11.4 Å². The first kappa shape index (κ1) is 11.8. The Balaban J connectivity index is 3.11. The molecule has 4 nitrogen and oxygen atoms in total. The van der Waals surface area contributed by atoms with Gasteiger partial charge in [-0.15, -0.1) is 0 Å². The predicted octanol–water partition coefficient (Wildman–Crippen LogP) is 1.67. The van der Waals surface area contributed by atoms with Crippen LogP contribution in [0.15, 0.2) is 6.07 Å². The van der Waals surface area contributed by atoms with Crippen LogP contribution in [0.25, 0.3) is 0 Å². The highest BCUT2D eigenvalue weighted by molar-refractivity contribution is 5.52. The van der Waals surface area contributed by atoms with E-state index in [4.69, 9.17) is 9.57 Å². The van der Waals surface area contributed by atoms with Crippen LogP contribution in [0.4, 0.5) is 0 Å². The largest absolute Gasteiger partial charge is 0.504 e. The average Bonchev–Trinajstić information content (AvgIpc) is 2.25. The lowest BCUT2D eigenvalue weighted by Crippen LogP contribution is -2.12. The number of aromatic hydroxyl groups is 1. The topological polar surface area (TPSA) is 50.7 Å². The zero-order valence-corrected chi connectivity index (χ0v) is 9.55. The summed E-state index contributed by atoms with van der Waals surface area (Å²) in [5.74, 6) is 0.696. The Hall–Kier alpha value is -1.26. The molecule has 0 aliphatic carbocycles. The van der Waals surface area contributed by atoms with E-state index in [2.05, 4.69) is 5.48 Å². The van der Waals surface area contributed by atoms with E-state index >= 15 is 0 Å². The average molecular weight is 211 g/mol. The van der Waals surface area contributed by atoms with Gasteiger partial charge in [0.1, 0.15) is 0 Å². The molecule has 1 aromatic carbocycles. The lowest BCUT2D eigenvalue weighted by Gasteiger charge is -2.14. The molecule has 0 atom stereocenters. The third-order valence-corrected chi connectivity index (χ3v) is 2.56. The number of hydrogen-bond donors (Lipinski definition) is 2. The van der Waals surface area contributed by atoms with Crippen LogP contribution in [-0.4, -0.2) is 19.3 Å². The minimum Gasteiger partial charge on any atom is -0.504 e. The van der Waals surface area contributed by atoms with Gasteiger partial charge < -0.3 is 14.7 Å². The van der Waals surface area contributed by atoms with Crippen molar-refractivity contribution in [2.75, 3.05) is 14.2 Å². The van der Waals surface area contributed by atoms with E-state index in [1.54, 1.807) is 7.11 Å². The molecule has 0 radical (unpaired) electrons. The first-order chi connectivity index (χ1) is 7.11. The molecule has 0 spiro atoms. The second-order valence-corrected chi connectivity index (χ2v) is 3.36. The van der Waals surface area contributed by atoms with Gasteiger partial charge in [-0.2, -0.15) is 5.48 Å². The second kappa shape index (κ2) is 5.00. The molecule has 0 unspecified atom stereocenters. The van der Waals surface area contributed by atoms with Crippen molar-refractivity contribution in [2.24, 2.45) is 0 Å². The number of hydrogen-bond acceptors (Lipinski definition) is 4. The number of methoxy groups -OCH3 is 1. The Labute approximate surface area is 89.8 Å². The molecular weight excluding hydrogens is 194 g/mol. The number of nitrogens with one attached hydrogen (secondary N) is 1. The number of hydroxylamine groups is 1. The van der Waals surface area contributed by atoms with Gasteiger partial charge in [0, 0.05) is 6.54 Å². The van der Waals surface area contributed by atoms with Crippen LogP contribution >= 0.6 is 0 Å². The van der Waals surface area contributed by atoms with E-state index in [9.17, 15) is 5.11 Å². The van der Waals surface area contributed by atoms with E-state index in [-0.39, 0.29) is 5.75 Å². The number of phenolic OH excluding ortho intramolecular Hbond substituents is 1. The summed E-state index contributed by atoms with van der Waals surface area (Å²) in [6.45, 7) is 4.41. The van der Waals surface area contributed by atoms with E-state index in [0.29, 0.717) is 12.3 Å². The summed E-state index contributed by atoms with van der Waals surface area (Å²) in [5.41, 5.74) is 5.69. The first-order valence-corrected chi connectivity index (χ1v) is 4.73. The predicted molar refractivity (Wildman–Crippen MR) is 58.0 cm³/mol. The van der Waals surface area contributed by atoms with Crippen molar-refractivity contribution in [3.8, 4) is 11.5 Å². The highest BCUT2D eigenvalue weighted by Crippen LogP contribution is 2.33. The standard InChI is InChI=1S/C11H17NO3/c1-7-8(2)11(13)10(14-3)5-9(7)6-12-15-4/h5,12-13H,6H2,1-4H3. The molecule has 15 heavy (non-hydrogen) atoms. The van der Waals surface area contributed by atoms with Gasteiger partial charge >= 0.3 is 0 Å². The summed E-state index contributed by atoms with van der Waals surface area (Å²) >= 11 is 0. The van der Waals surface area contributed by atoms with Crippen LogP contribution in [0.5, 0.6) is 11.5 Å². The molecular formula is C11H17NO3. The zero-order chi connectivity index (χ0) is 11.4. The molecule has 0 aliphatic rings. The van der Waals surface area contributed by atoms with Gasteiger partial charge in [0.2, 0.25) is 0 Å². The molecule has 4 heteroatoms. The van der Waals surface area contributed by atoms with Crippen molar-refractivity contribution >= 4 is 0 Å². The lowest BCUT2D eigenvalue weighted by molar-refractivity contribution is 0.0865. The molecule has 0 saturated heterocycles. The molecule has 0 heterocycles. The van der Waals surface area contributed by atoms with Crippen molar-refractivity contribution in [1.29, 1.82) is 0 Å². The fraction of sp³-hybridized carbons (Fsp3) is 0.455. The van der Waals surface area contributed by atoms with E-state index in [1.807, 2.05) is 19.9 Å². The summed E-state index contributed by atoms with van der Waals surface area (Å²) in [6, 6.07) is 1.81. The molecule has 0 aromatic heterocycles. The number of ether oxygens (including phenoxy) is 1. The van der Waals surface area contributed by atoms with Crippen LogP contribution < -0.4 is 10.2 Å². The molecule has 0 bridgehead atoms. The van der Waals surface area contributed by atoms with Crippen molar-refractivity contribution in [2.45, 2.75) is 20.4 Å². The minimum absolute atomic E-state index is 0.205. The molecule has 0 aliphatic heterocycles. The Morgan fingerprint density at radius 1 is 1.27 bits per heavy atom. The molecule has 0 saturated carbocycles. The van der Waals surface area contributed by atoms with Crippen LogP contribution in [0, 0.1) is 13.8 Å². The molecule has 1 rings (SSSR count). The monoisotopic (exact) mass is 211 g/mol. The van der Waals surface area contributed by atoms with Crippen molar-refractivity contribution in [3.05, 3.63) is 22.8 Å².